The number of nitrogens with zero attached hydrogens (tertiary/aromatic N) is 1. The number of non-ortho nitro benzene ring substituents is 1. The fourth-order valence-electron chi connectivity index (χ4n) is 1.97. The lowest BCUT2D eigenvalue weighted by molar-refractivity contribution is -0.384. The third kappa shape index (κ3) is 2.71. The Morgan fingerprint density at radius 3 is 2.50 bits per heavy atom. The van der Waals surface area contributed by atoms with Crippen LogP contribution in [0.25, 0.3) is 0 Å². The minimum Gasteiger partial charge on any atom is -0.296 e. The van der Waals surface area contributed by atoms with E-state index in [9.17, 15) is 19.7 Å². The van der Waals surface area contributed by atoms with Gasteiger partial charge in [0.25, 0.3) is 5.69 Å². The third-order valence-corrected chi connectivity index (χ3v) is 2.98. The van der Waals surface area contributed by atoms with Crippen molar-refractivity contribution in [2.45, 2.75) is 19.3 Å². The van der Waals surface area contributed by atoms with Crippen LogP contribution in [-0.4, -0.2) is 16.7 Å². The van der Waals surface area contributed by atoms with E-state index in [1.54, 1.807) is 12.1 Å². The van der Waals surface area contributed by atoms with Gasteiger partial charge in [0.05, 0.1) is 4.92 Å². The van der Waals surface area contributed by atoms with E-state index >= 15 is 0 Å². The molecule has 1 atom stereocenters. The number of piperidine rings is 1. The number of nitro groups is 1. The van der Waals surface area contributed by atoms with Gasteiger partial charge in [-0.2, -0.15) is 0 Å². The molecule has 1 saturated heterocycles. The van der Waals surface area contributed by atoms with Crippen LogP contribution in [0.2, 0.25) is 0 Å². The lowest BCUT2D eigenvalue weighted by atomic mass is 9.91. The smallest absolute Gasteiger partial charge is 0.269 e. The lowest BCUT2D eigenvalue weighted by Crippen LogP contribution is -2.41. The van der Waals surface area contributed by atoms with Gasteiger partial charge in [-0.05, 0) is 18.4 Å². The fourth-order valence-corrected chi connectivity index (χ4v) is 1.97. The molecule has 2 rings (SSSR count). The SMILES string of the molecule is O=C1CCC(Cc2ccc([N+](=O)[O-])cc2)C(=O)N1. The van der Waals surface area contributed by atoms with Crippen LogP contribution < -0.4 is 5.32 Å². The second-order valence-electron chi connectivity index (χ2n) is 4.28. The molecule has 0 bridgehead atoms. The van der Waals surface area contributed by atoms with Crippen molar-refractivity contribution in [3.05, 3.63) is 39.9 Å². The van der Waals surface area contributed by atoms with Gasteiger partial charge in [0.15, 0.2) is 0 Å². The first-order chi connectivity index (χ1) is 8.56. The summed E-state index contributed by atoms with van der Waals surface area (Å²) >= 11 is 0. The first-order valence-corrected chi connectivity index (χ1v) is 5.63. The standard InChI is InChI=1S/C12H12N2O4/c15-11-6-3-9(12(16)13-11)7-8-1-4-10(5-2-8)14(17)18/h1-2,4-5,9H,3,6-7H2,(H,13,15,16). The van der Waals surface area contributed by atoms with Crippen molar-refractivity contribution in [1.29, 1.82) is 0 Å². The highest BCUT2D eigenvalue weighted by Gasteiger charge is 2.26. The van der Waals surface area contributed by atoms with Crippen molar-refractivity contribution in [2.24, 2.45) is 5.92 Å². The van der Waals surface area contributed by atoms with E-state index in [1.807, 2.05) is 0 Å². The predicted octanol–water partition coefficient (Wildman–Crippen LogP) is 1.19. The molecular formula is C12H12N2O4. The number of carbonyl (C=O) groups is 2. The van der Waals surface area contributed by atoms with Crippen molar-refractivity contribution < 1.29 is 14.5 Å². The number of imide groups is 1. The highest BCUT2D eigenvalue weighted by atomic mass is 16.6. The van der Waals surface area contributed by atoms with Gasteiger partial charge < -0.3 is 0 Å². The zero-order chi connectivity index (χ0) is 13.1. The van der Waals surface area contributed by atoms with Gasteiger partial charge in [-0.25, -0.2) is 0 Å². The number of rotatable bonds is 3. The predicted molar refractivity (Wildman–Crippen MR) is 62.7 cm³/mol. The average molecular weight is 248 g/mol. The summed E-state index contributed by atoms with van der Waals surface area (Å²) in [5.74, 6) is -0.728. The largest absolute Gasteiger partial charge is 0.296 e. The van der Waals surface area contributed by atoms with E-state index in [1.165, 1.54) is 12.1 Å². The molecule has 1 N–H and O–H groups in total. The summed E-state index contributed by atoms with van der Waals surface area (Å²) in [5.41, 5.74) is 0.886. The molecule has 0 saturated carbocycles. The maximum absolute atomic E-state index is 11.5. The molecular weight excluding hydrogens is 236 g/mol. The number of hydrogen-bond acceptors (Lipinski definition) is 4. The monoisotopic (exact) mass is 248 g/mol. The number of amides is 2. The Labute approximate surface area is 103 Å². The topological polar surface area (TPSA) is 89.3 Å². The molecule has 0 aliphatic carbocycles. The Balaban J connectivity index is 2.03. The summed E-state index contributed by atoms with van der Waals surface area (Å²) in [6, 6.07) is 6.12. The summed E-state index contributed by atoms with van der Waals surface area (Å²) < 4.78 is 0. The molecule has 1 aromatic rings. The average Bonchev–Trinajstić information content (AvgIpc) is 2.33. The Morgan fingerprint density at radius 2 is 1.94 bits per heavy atom. The lowest BCUT2D eigenvalue weighted by Gasteiger charge is -2.20. The van der Waals surface area contributed by atoms with Gasteiger partial charge in [-0.3, -0.25) is 25.0 Å². The second-order valence-corrected chi connectivity index (χ2v) is 4.28. The molecule has 18 heavy (non-hydrogen) atoms. The molecule has 0 radical (unpaired) electrons. The van der Waals surface area contributed by atoms with E-state index < -0.39 is 4.92 Å². The molecule has 0 aromatic heterocycles. The van der Waals surface area contributed by atoms with Crippen LogP contribution in [0, 0.1) is 16.0 Å². The molecule has 1 aliphatic heterocycles. The van der Waals surface area contributed by atoms with Gasteiger partial charge in [-0.15, -0.1) is 0 Å². The Hall–Kier alpha value is -2.24. The van der Waals surface area contributed by atoms with E-state index in [4.69, 9.17) is 0 Å². The van der Waals surface area contributed by atoms with Crippen LogP contribution in [0.4, 0.5) is 5.69 Å². The number of hydrogen-bond donors (Lipinski definition) is 1. The summed E-state index contributed by atoms with van der Waals surface area (Å²) in [6.07, 6.45) is 1.38. The van der Waals surface area contributed by atoms with Crippen LogP contribution in [0.3, 0.4) is 0 Å². The summed E-state index contributed by atoms with van der Waals surface area (Å²) in [4.78, 5) is 32.6. The molecule has 6 nitrogen and oxygen atoms in total. The zero-order valence-corrected chi connectivity index (χ0v) is 9.59. The molecule has 94 valence electrons. The first kappa shape index (κ1) is 12.2. The maximum atomic E-state index is 11.5. The first-order valence-electron chi connectivity index (χ1n) is 5.63. The van der Waals surface area contributed by atoms with Crippen molar-refractivity contribution in [3.63, 3.8) is 0 Å². The van der Waals surface area contributed by atoms with E-state index in [-0.39, 0.29) is 23.4 Å². The third-order valence-electron chi connectivity index (χ3n) is 2.98. The molecule has 1 heterocycles. The molecule has 2 amide bonds. The summed E-state index contributed by atoms with van der Waals surface area (Å²) in [7, 11) is 0. The van der Waals surface area contributed by atoms with Crippen LogP contribution in [-0.2, 0) is 16.0 Å². The zero-order valence-electron chi connectivity index (χ0n) is 9.59. The van der Waals surface area contributed by atoms with Gasteiger partial charge in [0.1, 0.15) is 0 Å². The van der Waals surface area contributed by atoms with Crippen LogP contribution in [0.5, 0.6) is 0 Å². The highest BCUT2D eigenvalue weighted by Crippen LogP contribution is 2.20. The van der Waals surface area contributed by atoms with E-state index in [0.717, 1.165) is 5.56 Å². The van der Waals surface area contributed by atoms with Gasteiger partial charge >= 0.3 is 0 Å². The maximum Gasteiger partial charge on any atom is 0.269 e. The summed E-state index contributed by atoms with van der Waals surface area (Å²) in [6.45, 7) is 0. The summed E-state index contributed by atoms with van der Waals surface area (Å²) in [5, 5.41) is 12.8. The molecule has 1 aliphatic rings. The number of carbonyl (C=O) groups excluding carboxylic acids is 2. The number of nitrogens with one attached hydrogen (secondary N) is 1. The van der Waals surface area contributed by atoms with Crippen molar-refractivity contribution in [1.82, 2.24) is 5.32 Å². The number of nitro benzene ring substituents is 1. The fraction of sp³-hybridized carbons (Fsp3) is 0.333. The molecule has 1 aromatic carbocycles. The van der Waals surface area contributed by atoms with Gasteiger partial charge in [0, 0.05) is 24.5 Å². The second kappa shape index (κ2) is 4.95. The van der Waals surface area contributed by atoms with Gasteiger partial charge in [-0.1, -0.05) is 12.1 Å². The van der Waals surface area contributed by atoms with Crippen LogP contribution >= 0.6 is 0 Å². The Morgan fingerprint density at radius 1 is 1.28 bits per heavy atom. The minimum atomic E-state index is -0.463. The molecule has 6 heteroatoms. The molecule has 0 spiro atoms. The molecule has 1 fully saturated rings. The van der Waals surface area contributed by atoms with Crippen molar-refractivity contribution in [3.8, 4) is 0 Å². The molecule has 1 unspecified atom stereocenters. The number of benzene rings is 1. The normalized spacial score (nSPS) is 19.4. The van der Waals surface area contributed by atoms with Gasteiger partial charge in [0.2, 0.25) is 11.8 Å². The van der Waals surface area contributed by atoms with E-state index in [2.05, 4.69) is 5.32 Å². The Bertz CT molecular complexity index is 495. The van der Waals surface area contributed by atoms with Crippen LogP contribution in [0.15, 0.2) is 24.3 Å². The quantitative estimate of drug-likeness (QED) is 0.494. The van der Waals surface area contributed by atoms with Crippen molar-refractivity contribution in [2.75, 3.05) is 0 Å². The Kier molecular flexibility index (Phi) is 3.36. The highest BCUT2D eigenvalue weighted by molar-refractivity contribution is 5.98. The minimum absolute atomic E-state index is 0.0297. The van der Waals surface area contributed by atoms with Crippen molar-refractivity contribution >= 4 is 17.5 Å². The van der Waals surface area contributed by atoms with Crippen LogP contribution in [0.1, 0.15) is 18.4 Å². The van der Waals surface area contributed by atoms with E-state index in [0.29, 0.717) is 19.3 Å².